The number of hydrogen-bond donors (Lipinski definition) is 3. The molecule has 4 N–H and O–H groups in total. The van der Waals surface area contributed by atoms with E-state index >= 15 is 0 Å². The molecule has 132 valence electrons. The minimum absolute atomic E-state index is 0.326. The van der Waals surface area contributed by atoms with Gasteiger partial charge < -0.3 is 10.6 Å². The lowest BCUT2D eigenvalue weighted by Gasteiger charge is -2.21. The van der Waals surface area contributed by atoms with Gasteiger partial charge in [-0.05, 0) is 17.7 Å². The maximum atomic E-state index is 12.1. The van der Waals surface area contributed by atoms with Crippen molar-refractivity contribution < 1.29 is 4.79 Å². The standard InChI is InChI=1S/C18H19N7O/c1-25(11-13-6-3-2-4-7-13)17-15(19)16(21-12-22-17)23-24-18(26)14-8-5-9-20-10-14/h2-10,12H,11,19H2,1H3,(H,24,26)(H,21,22,23). The van der Waals surface area contributed by atoms with E-state index in [1.165, 1.54) is 12.5 Å². The number of carbonyl (C=O) groups is 1. The average Bonchev–Trinajstić information content (AvgIpc) is 2.68. The number of carbonyl (C=O) groups excluding carboxylic acids is 1. The third kappa shape index (κ3) is 4.04. The highest BCUT2D eigenvalue weighted by atomic mass is 16.2. The predicted octanol–water partition coefficient (Wildman–Crippen LogP) is 1.85. The van der Waals surface area contributed by atoms with Gasteiger partial charge in [0.2, 0.25) is 0 Å². The number of aromatic nitrogens is 3. The van der Waals surface area contributed by atoms with Crippen molar-refractivity contribution >= 4 is 23.2 Å². The third-order valence-corrected chi connectivity index (χ3v) is 3.71. The van der Waals surface area contributed by atoms with Crippen molar-refractivity contribution in [2.24, 2.45) is 0 Å². The van der Waals surface area contributed by atoms with Gasteiger partial charge >= 0.3 is 0 Å². The minimum atomic E-state index is -0.338. The van der Waals surface area contributed by atoms with Crippen molar-refractivity contribution in [3.05, 3.63) is 72.3 Å². The Balaban J connectivity index is 1.70. The summed E-state index contributed by atoms with van der Waals surface area (Å²) in [5.74, 6) is 0.560. The molecular weight excluding hydrogens is 330 g/mol. The second kappa shape index (κ2) is 7.93. The van der Waals surface area contributed by atoms with E-state index in [9.17, 15) is 4.79 Å². The molecular formula is C18H19N7O. The van der Waals surface area contributed by atoms with E-state index < -0.39 is 0 Å². The van der Waals surface area contributed by atoms with Crippen LogP contribution in [0, 0.1) is 0 Å². The summed E-state index contributed by atoms with van der Waals surface area (Å²) < 4.78 is 0. The molecule has 0 aliphatic rings. The molecule has 0 saturated carbocycles. The predicted molar refractivity (Wildman–Crippen MR) is 100 cm³/mol. The molecule has 0 aliphatic heterocycles. The highest BCUT2D eigenvalue weighted by molar-refractivity contribution is 5.94. The fraction of sp³-hybridized carbons (Fsp3) is 0.111. The highest BCUT2D eigenvalue weighted by Gasteiger charge is 2.13. The van der Waals surface area contributed by atoms with Crippen LogP contribution in [-0.2, 0) is 6.54 Å². The number of pyridine rings is 1. The highest BCUT2D eigenvalue weighted by Crippen LogP contribution is 2.25. The van der Waals surface area contributed by atoms with Crippen molar-refractivity contribution in [1.82, 2.24) is 20.4 Å². The molecule has 3 rings (SSSR count). The van der Waals surface area contributed by atoms with Crippen molar-refractivity contribution in [3.8, 4) is 0 Å². The molecule has 2 aromatic heterocycles. The van der Waals surface area contributed by atoms with Gasteiger partial charge in [0.15, 0.2) is 11.6 Å². The first-order valence-electron chi connectivity index (χ1n) is 7.97. The van der Waals surface area contributed by atoms with Crippen molar-refractivity contribution in [1.29, 1.82) is 0 Å². The quantitative estimate of drug-likeness (QED) is 0.583. The van der Waals surface area contributed by atoms with Gasteiger partial charge in [0.25, 0.3) is 5.91 Å². The smallest absolute Gasteiger partial charge is 0.271 e. The van der Waals surface area contributed by atoms with Crippen LogP contribution in [0.3, 0.4) is 0 Å². The summed E-state index contributed by atoms with van der Waals surface area (Å²) in [6.45, 7) is 0.642. The molecule has 0 radical (unpaired) electrons. The van der Waals surface area contributed by atoms with E-state index in [4.69, 9.17) is 5.73 Å². The molecule has 8 nitrogen and oxygen atoms in total. The zero-order valence-corrected chi connectivity index (χ0v) is 14.3. The lowest BCUT2D eigenvalue weighted by Crippen LogP contribution is -2.31. The van der Waals surface area contributed by atoms with Gasteiger partial charge in [-0.1, -0.05) is 30.3 Å². The summed E-state index contributed by atoms with van der Waals surface area (Å²) in [5.41, 5.74) is 13.4. The van der Waals surface area contributed by atoms with E-state index in [0.717, 1.165) is 5.56 Å². The van der Waals surface area contributed by atoms with Gasteiger partial charge in [-0.2, -0.15) is 0 Å². The summed E-state index contributed by atoms with van der Waals surface area (Å²) in [6.07, 6.45) is 4.46. The molecule has 0 spiro atoms. The van der Waals surface area contributed by atoms with Gasteiger partial charge in [0.05, 0.1) is 5.56 Å². The van der Waals surface area contributed by atoms with Crippen LogP contribution in [0.25, 0.3) is 0 Å². The number of hydrazine groups is 1. The molecule has 1 amide bonds. The van der Waals surface area contributed by atoms with Gasteiger partial charge in [-0.15, -0.1) is 0 Å². The Morgan fingerprint density at radius 1 is 1.15 bits per heavy atom. The number of benzene rings is 1. The third-order valence-electron chi connectivity index (χ3n) is 3.71. The summed E-state index contributed by atoms with van der Waals surface area (Å²) >= 11 is 0. The molecule has 8 heteroatoms. The number of hydrogen-bond acceptors (Lipinski definition) is 7. The van der Waals surface area contributed by atoms with Crippen molar-refractivity contribution in [2.45, 2.75) is 6.54 Å². The summed E-state index contributed by atoms with van der Waals surface area (Å²) in [6, 6.07) is 13.3. The Kier molecular flexibility index (Phi) is 5.23. The fourth-order valence-corrected chi connectivity index (χ4v) is 2.41. The summed E-state index contributed by atoms with van der Waals surface area (Å²) in [7, 11) is 1.89. The molecule has 2 heterocycles. The molecule has 0 bridgehead atoms. The maximum Gasteiger partial charge on any atom is 0.271 e. The van der Waals surface area contributed by atoms with Crippen LogP contribution in [0.5, 0.6) is 0 Å². The Bertz CT molecular complexity index is 871. The van der Waals surface area contributed by atoms with E-state index in [0.29, 0.717) is 29.4 Å². The molecule has 0 aliphatic carbocycles. The van der Waals surface area contributed by atoms with Crippen LogP contribution in [0.15, 0.2) is 61.2 Å². The van der Waals surface area contributed by atoms with E-state index in [2.05, 4.69) is 25.8 Å². The Morgan fingerprint density at radius 2 is 1.96 bits per heavy atom. The zero-order valence-electron chi connectivity index (χ0n) is 14.3. The molecule has 0 saturated heterocycles. The molecule has 26 heavy (non-hydrogen) atoms. The van der Waals surface area contributed by atoms with Gasteiger partial charge in [0.1, 0.15) is 12.0 Å². The largest absolute Gasteiger partial charge is 0.393 e. The number of anilines is 3. The average molecular weight is 349 g/mol. The first-order valence-corrected chi connectivity index (χ1v) is 7.97. The number of nitrogen functional groups attached to an aromatic ring is 1. The van der Waals surface area contributed by atoms with Crippen molar-refractivity contribution in [2.75, 3.05) is 23.1 Å². The molecule has 3 aromatic rings. The Morgan fingerprint density at radius 3 is 2.69 bits per heavy atom. The summed E-state index contributed by atoms with van der Waals surface area (Å²) in [4.78, 5) is 26.2. The maximum absolute atomic E-state index is 12.1. The molecule has 0 atom stereocenters. The SMILES string of the molecule is CN(Cc1ccccc1)c1ncnc(NNC(=O)c2cccnc2)c1N. The lowest BCUT2D eigenvalue weighted by atomic mass is 10.2. The molecule has 1 aromatic carbocycles. The number of rotatable bonds is 6. The topological polar surface area (TPSA) is 109 Å². The van der Waals surface area contributed by atoms with Crippen molar-refractivity contribution in [3.63, 3.8) is 0 Å². The molecule has 0 fully saturated rings. The second-order valence-corrected chi connectivity index (χ2v) is 5.62. The monoisotopic (exact) mass is 349 g/mol. The summed E-state index contributed by atoms with van der Waals surface area (Å²) in [5, 5.41) is 0. The van der Waals surface area contributed by atoms with E-state index in [1.54, 1.807) is 18.3 Å². The van der Waals surface area contributed by atoms with Gasteiger partial charge in [-0.25, -0.2) is 9.97 Å². The van der Waals surface area contributed by atoms with Crippen LogP contribution < -0.4 is 21.5 Å². The molecule has 0 unspecified atom stereocenters. The van der Waals surface area contributed by atoms with Crippen LogP contribution in [-0.4, -0.2) is 27.9 Å². The van der Waals surface area contributed by atoms with E-state index in [-0.39, 0.29) is 5.91 Å². The minimum Gasteiger partial charge on any atom is -0.393 e. The first-order chi connectivity index (χ1) is 12.6. The van der Waals surface area contributed by atoms with Crippen LogP contribution in [0.2, 0.25) is 0 Å². The Labute approximate surface area is 151 Å². The van der Waals surface area contributed by atoms with Crippen LogP contribution in [0.1, 0.15) is 15.9 Å². The number of nitrogens with two attached hydrogens (primary N) is 1. The van der Waals surface area contributed by atoms with Gasteiger partial charge in [-0.3, -0.25) is 20.6 Å². The zero-order chi connectivity index (χ0) is 18.4. The first kappa shape index (κ1) is 17.2. The number of nitrogens with one attached hydrogen (secondary N) is 2. The van der Waals surface area contributed by atoms with Crippen LogP contribution >= 0.6 is 0 Å². The Hall–Kier alpha value is -3.68. The lowest BCUT2D eigenvalue weighted by molar-refractivity contribution is 0.0962. The second-order valence-electron chi connectivity index (χ2n) is 5.62. The van der Waals surface area contributed by atoms with Gasteiger partial charge in [0, 0.05) is 26.0 Å². The number of nitrogens with zero attached hydrogens (tertiary/aromatic N) is 4. The number of amides is 1. The fourth-order valence-electron chi connectivity index (χ4n) is 2.41. The van der Waals surface area contributed by atoms with E-state index in [1.807, 2.05) is 42.3 Å². The van der Waals surface area contributed by atoms with Crippen LogP contribution in [0.4, 0.5) is 17.3 Å². The normalized spacial score (nSPS) is 10.2.